The molecule has 18 heavy (non-hydrogen) atoms. The van der Waals surface area contributed by atoms with Crippen molar-refractivity contribution in [1.82, 2.24) is 0 Å². The van der Waals surface area contributed by atoms with Crippen LogP contribution in [0, 0.1) is 12.8 Å². The molecular weight excluding hydrogens is 220 g/mol. The van der Waals surface area contributed by atoms with Gasteiger partial charge in [0.25, 0.3) is 0 Å². The summed E-state index contributed by atoms with van der Waals surface area (Å²) >= 11 is 0. The van der Waals surface area contributed by atoms with Crippen LogP contribution in [0.25, 0.3) is 0 Å². The fourth-order valence-corrected chi connectivity index (χ4v) is 2.29. The monoisotopic (exact) mass is 248 g/mol. The van der Waals surface area contributed by atoms with Crippen molar-refractivity contribution in [2.75, 3.05) is 24.5 Å². The first-order chi connectivity index (χ1) is 8.71. The molecule has 0 spiro atoms. The molecule has 0 amide bonds. The van der Waals surface area contributed by atoms with Crippen LogP contribution in [0.15, 0.2) is 24.3 Å². The predicted octanol–water partition coefficient (Wildman–Crippen LogP) is 3.59. The Balaban J connectivity index is 2.76. The third kappa shape index (κ3) is 4.69. The predicted molar refractivity (Wildman–Crippen MR) is 81.1 cm³/mol. The fraction of sp³-hybridized carbons (Fsp3) is 0.625. The number of hydrogen-bond donors (Lipinski definition) is 1. The van der Waals surface area contributed by atoms with E-state index in [0.29, 0.717) is 0 Å². The van der Waals surface area contributed by atoms with E-state index in [1.165, 1.54) is 24.1 Å². The highest BCUT2D eigenvalue weighted by Gasteiger charge is 2.11. The lowest BCUT2D eigenvalue weighted by molar-refractivity contribution is 0.481. The van der Waals surface area contributed by atoms with E-state index >= 15 is 0 Å². The molecule has 0 aromatic heterocycles. The summed E-state index contributed by atoms with van der Waals surface area (Å²) in [4.78, 5) is 2.50. The van der Waals surface area contributed by atoms with Crippen molar-refractivity contribution >= 4 is 5.69 Å². The van der Waals surface area contributed by atoms with Crippen molar-refractivity contribution in [1.29, 1.82) is 0 Å². The third-order valence-electron chi connectivity index (χ3n) is 3.63. The quantitative estimate of drug-likeness (QED) is 0.762. The van der Waals surface area contributed by atoms with E-state index in [9.17, 15) is 0 Å². The van der Waals surface area contributed by atoms with E-state index in [1.54, 1.807) is 0 Å². The van der Waals surface area contributed by atoms with Crippen LogP contribution >= 0.6 is 0 Å². The molecule has 0 atom stereocenters. The average molecular weight is 248 g/mol. The van der Waals surface area contributed by atoms with Crippen molar-refractivity contribution in [3.05, 3.63) is 29.8 Å². The first-order valence-corrected chi connectivity index (χ1v) is 7.22. The molecule has 1 aromatic rings. The Bertz CT molecular complexity index is 332. The highest BCUT2D eigenvalue weighted by atomic mass is 15.1. The normalized spacial score (nSPS) is 10.9. The standard InChI is InChI=1S/C16H28N2/c1-4-15(5-2)13-18(11-7-10-17)16-9-6-8-14(3)12-16/h6,8-9,12,15H,4-5,7,10-11,13,17H2,1-3H3. The Labute approximate surface area is 112 Å². The fourth-order valence-electron chi connectivity index (χ4n) is 2.29. The van der Waals surface area contributed by atoms with Crippen molar-refractivity contribution < 1.29 is 0 Å². The first-order valence-electron chi connectivity index (χ1n) is 7.22. The van der Waals surface area contributed by atoms with Crippen molar-refractivity contribution in [2.45, 2.75) is 40.0 Å². The Hall–Kier alpha value is -1.02. The number of benzene rings is 1. The van der Waals surface area contributed by atoms with Crippen LogP contribution < -0.4 is 10.6 Å². The smallest absolute Gasteiger partial charge is 0.0368 e. The van der Waals surface area contributed by atoms with Gasteiger partial charge in [-0.15, -0.1) is 0 Å². The van der Waals surface area contributed by atoms with Crippen LogP contribution in [-0.4, -0.2) is 19.6 Å². The van der Waals surface area contributed by atoms with Crippen LogP contribution in [-0.2, 0) is 0 Å². The molecule has 2 nitrogen and oxygen atoms in total. The molecule has 0 radical (unpaired) electrons. The summed E-state index contributed by atoms with van der Waals surface area (Å²) < 4.78 is 0. The van der Waals surface area contributed by atoms with Crippen molar-refractivity contribution in [2.24, 2.45) is 11.7 Å². The van der Waals surface area contributed by atoms with Gasteiger partial charge in [0.1, 0.15) is 0 Å². The minimum Gasteiger partial charge on any atom is -0.371 e. The van der Waals surface area contributed by atoms with Crippen LogP contribution in [0.1, 0.15) is 38.7 Å². The lowest BCUT2D eigenvalue weighted by Crippen LogP contribution is -2.31. The SMILES string of the molecule is CCC(CC)CN(CCCN)c1cccc(C)c1. The number of hydrogen-bond acceptors (Lipinski definition) is 2. The van der Waals surface area contributed by atoms with Gasteiger partial charge in [0.15, 0.2) is 0 Å². The van der Waals surface area contributed by atoms with E-state index in [1.807, 2.05) is 0 Å². The number of nitrogens with zero attached hydrogens (tertiary/aromatic N) is 1. The maximum atomic E-state index is 5.65. The summed E-state index contributed by atoms with van der Waals surface area (Å²) in [6, 6.07) is 8.79. The van der Waals surface area contributed by atoms with Crippen LogP contribution in [0.5, 0.6) is 0 Å². The average Bonchev–Trinajstić information content (AvgIpc) is 2.39. The second kappa shape index (κ2) is 8.15. The molecule has 2 heteroatoms. The number of anilines is 1. The van der Waals surface area contributed by atoms with E-state index in [-0.39, 0.29) is 0 Å². The van der Waals surface area contributed by atoms with Gasteiger partial charge in [0.05, 0.1) is 0 Å². The Morgan fingerprint density at radius 2 is 1.94 bits per heavy atom. The van der Waals surface area contributed by atoms with Crippen LogP contribution in [0.2, 0.25) is 0 Å². The summed E-state index contributed by atoms with van der Waals surface area (Å²) in [5.41, 5.74) is 8.33. The molecule has 0 aliphatic heterocycles. The van der Waals surface area contributed by atoms with E-state index in [2.05, 4.69) is 49.9 Å². The zero-order valence-corrected chi connectivity index (χ0v) is 12.2. The maximum absolute atomic E-state index is 5.65. The summed E-state index contributed by atoms with van der Waals surface area (Å²) in [6.45, 7) is 9.71. The second-order valence-electron chi connectivity index (χ2n) is 5.11. The summed E-state index contributed by atoms with van der Waals surface area (Å²) in [6.07, 6.45) is 3.57. The number of rotatable bonds is 8. The first kappa shape index (κ1) is 15.0. The topological polar surface area (TPSA) is 29.3 Å². The van der Waals surface area contributed by atoms with Crippen molar-refractivity contribution in [3.63, 3.8) is 0 Å². The highest BCUT2D eigenvalue weighted by molar-refractivity contribution is 5.48. The van der Waals surface area contributed by atoms with Gasteiger partial charge >= 0.3 is 0 Å². The lowest BCUT2D eigenvalue weighted by atomic mass is 10.0. The lowest BCUT2D eigenvalue weighted by Gasteiger charge is -2.29. The molecule has 0 saturated heterocycles. The Morgan fingerprint density at radius 3 is 2.50 bits per heavy atom. The van der Waals surface area contributed by atoms with Crippen LogP contribution in [0.3, 0.4) is 0 Å². The minimum absolute atomic E-state index is 0.769. The zero-order valence-electron chi connectivity index (χ0n) is 12.2. The van der Waals surface area contributed by atoms with Gasteiger partial charge in [0, 0.05) is 18.8 Å². The zero-order chi connectivity index (χ0) is 13.4. The van der Waals surface area contributed by atoms with Gasteiger partial charge in [-0.3, -0.25) is 0 Å². The molecule has 0 aliphatic rings. The van der Waals surface area contributed by atoms with E-state index in [0.717, 1.165) is 32.0 Å². The largest absolute Gasteiger partial charge is 0.371 e. The van der Waals surface area contributed by atoms with Crippen molar-refractivity contribution in [3.8, 4) is 0 Å². The molecule has 1 rings (SSSR count). The maximum Gasteiger partial charge on any atom is 0.0368 e. The number of aryl methyl sites for hydroxylation is 1. The van der Waals surface area contributed by atoms with Gasteiger partial charge in [-0.05, 0) is 43.5 Å². The number of nitrogens with two attached hydrogens (primary N) is 1. The Kier molecular flexibility index (Phi) is 6.81. The van der Waals surface area contributed by atoms with Gasteiger partial charge in [-0.25, -0.2) is 0 Å². The van der Waals surface area contributed by atoms with Crippen LogP contribution in [0.4, 0.5) is 5.69 Å². The van der Waals surface area contributed by atoms with E-state index in [4.69, 9.17) is 5.73 Å². The highest BCUT2D eigenvalue weighted by Crippen LogP contribution is 2.20. The molecule has 0 saturated carbocycles. The molecular formula is C16H28N2. The molecule has 0 heterocycles. The van der Waals surface area contributed by atoms with Gasteiger partial charge in [-0.1, -0.05) is 38.8 Å². The Morgan fingerprint density at radius 1 is 1.22 bits per heavy atom. The molecule has 1 aromatic carbocycles. The molecule has 0 bridgehead atoms. The van der Waals surface area contributed by atoms with Gasteiger partial charge in [-0.2, -0.15) is 0 Å². The molecule has 2 N–H and O–H groups in total. The third-order valence-corrected chi connectivity index (χ3v) is 3.63. The molecule has 0 fully saturated rings. The van der Waals surface area contributed by atoms with Gasteiger partial charge < -0.3 is 10.6 Å². The van der Waals surface area contributed by atoms with Gasteiger partial charge in [0.2, 0.25) is 0 Å². The molecule has 0 unspecified atom stereocenters. The molecule has 102 valence electrons. The summed E-state index contributed by atoms with van der Waals surface area (Å²) in [7, 11) is 0. The summed E-state index contributed by atoms with van der Waals surface area (Å²) in [5, 5.41) is 0. The molecule has 0 aliphatic carbocycles. The second-order valence-corrected chi connectivity index (χ2v) is 5.11. The minimum atomic E-state index is 0.769. The van der Waals surface area contributed by atoms with E-state index < -0.39 is 0 Å². The summed E-state index contributed by atoms with van der Waals surface area (Å²) in [5.74, 6) is 0.781.